The Morgan fingerprint density at radius 1 is 0.730 bits per heavy atom. The van der Waals surface area contributed by atoms with Gasteiger partial charge in [-0.3, -0.25) is 14.4 Å². The average Bonchev–Trinajstić information content (AvgIpc) is 2.86. The first kappa shape index (κ1) is 29.5. The molecule has 0 aliphatic rings. The zero-order valence-corrected chi connectivity index (χ0v) is 21.2. The Bertz CT molecular complexity index is 1030. The zero-order valence-electron chi connectivity index (χ0n) is 21.2. The third-order valence-corrected chi connectivity index (χ3v) is 5.74. The second-order valence-electron chi connectivity index (χ2n) is 9.37. The minimum Gasteiger partial charge on any atom is -0.480 e. The minimum atomic E-state index is -1.28. The molecule has 0 saturated carbocycles. The van der Waals surface area contributed by atoms with Crippen molar-refractivity contribution in [3.05, 3.63) is 71.8 Å². The predicted octanol–water partition coefficient (Wildman–Crippen LogP) is 0.343. The Kier molecular flexibility index (Phi) is 11.7. The summed E-state index contributed by atoms with van der Waals surface area (Å²) in [7, 11) is 0. The molecule has 0 aliphatic heterocycles. The van der Waals surface area contributed by atoms with Crippen molar-refractivity contribution in [1.29, 1.82) is 0 Å². The molecule has 0 unspecified atom stereocenters. The normalized spacial score (nSPS) is 14.2. The van der Waals surface area contributed by atoms with Crippen molar-refractivity contribution >= 4 is 23.7 Å². The molecule has 200 valence electrons. The Morgan fingerprint density at radius 3 is 1.68 bits per heavy atom. The van der Waals surface area contributed by atoms with Gasteiger partial charge in [-0.15, -0.1) is 0 Å². The van der Waals surface area contributed by atoms with E-state index >= 15 is 0 Å². The fraction of sp³-hybridized carbons (Fsp3) is 0.407. The van der Waals surface area contributed by atoms with Crippen LogP contribution >= 0.6 is 0 Å². The van der Waals surface area contributed by atoms with Crippen LogP contribution in [0.2, 0.25) is 0 Å². The third kappa shape index (κ3) is 10.0. The molecular weight excluding hydrogens is 474 g/mol. The first-order valence-electron chi connectivity index (χ1n) is 12.3. The number of aliphatic carboxylic acids is 1. The van der Waals surface area contributed by atoms with Crippen LogP contribution in [0.3, 0.4) is 0 Å². The van der Waals surface area contributed by atoms with Crippen molar-refractivity contribution in [3.8, 4) is 0 Å². The van der Waals surface area contributed by atoms with E-state index in [9.17, 15) is 24.3 Å². The Morgan fingerprint density at radius 2 is 1.19 bits per heavy atom. The van der Waals surface area contributed by atoms with Gasteiger partial charge in [0.05, 0.1) is 6.04 Å². The fourth-order valence-electron chi connectivity index (χ4n) is 3.77. The van der Waals surface area contributed by atoms with Crippen LogP contribution in [0.1, 0.15) is 31.4 Å². The molecule has 0 saturated heterocycles. The van der Waals surface area contributed by atoms with E-state index < -0.39 is 47.9 Å². The zero-order chi connectivity index (χ0) is 27.4. The predicted molar refractivity (Wildman–Crippen MR) is 140 cm³/mol. The second-order valence-corrected chi connectivity index (χ2v) is 9.37. The van der Waals surface area contributed by atoms with Crippen molar-refractivity contribution in [2.75, 3.05) is 6.54 Å². The number of hydrogen-bond donors (Lipinski definition) is 6. The van der Waals surface area contributed by atoms with Gasteiger partial charge in [-0.25, -0.2) is 4.79 Å². The van der Waals surface area contributed by atoms with Gasteiger partial charge in [0.15, 0.2) is 0 Å². The van der Waals surface area contributed by atoms with Gasteiger partial charge in [0, 0.05) is 13.0 Å². The summed E-state index contributed by atoms with van der Waals surface area (Å²) in [4.78, 5) is 50.5. The Balaban J connectivity index is 2.19. The Hall–Kier alpha value is -3.76. The van der Waals surface area contributed by atoms with E-state index in [2.05, 4.69) is 16.0 Å². The maximum Gasteiger partial charge on any atom is 0.327 e. The summed E-state index contributed by atoms with van der Waals surface area (Å²) in [5.74, 6) is -3.00. The topological polar surface area (TPSA) is 177 Å². The van der Waals surface area contributed by atoms with Crippen LogP contribution in [-0.2, 0) is 32.0 Å². The number of carboxylic acid groups (broad SMARTS) is 1. The van der Waals surface area contributed by atoms with Crippen molar-refractivity contribution < 1.29 is 24.3 Å². The van der Waals surface area contributed by atoms with E-state index in [1.54, 1.807) is 0 Å². The summed E-state index contributed by atoms with van der Waals surface area (Å²) < 4.78 is 0. The highest BCUT2D eigenvalue weighted by molar-refractivity contribution is 5.94. The lowest BCUT2D eigenvalue weighted by molar-refractivity contribution is -0.142. The van der Waals surface area contributed by atoms with Gasteiger partial charge in [-0.1, -0.05) is 74.5 Å². The van der Waals surface area contributed by atoms with Gasteiger partial charge in [0.1, 0.15) is 18.1 Å². The van der Waals surface area contributed by atoms with Crippen molar-refractivity contribution in [1.82, 2.24) is 16.0 Å². The number of benzene rings is 2. The number of amides is 3. The minimum absolute atomic E-state index is 0.0127. The van der Waals surface area contributed by atoms with Crippen LogP contribution in [0.5, 0.6) is 0 Å². The van der Waals surface area contributed by atoms with E-state index in [0.29, 0.717) is 6.42 Å². The van der Waals surface area contributed by atoms with Gasteiger partial charge < -0.3 is 32.5 Å². The van der Waals surface area contributed by atoms with Crippen LogP contribution in [0.25, 0.3) is 0 Å². The molecule has 2 aromatic carbocycles. The molecule has 0 aromatic heterocycles. The van der Waals surface area contributed by atoms with E-state index in [0.717, 1.165) is 11.1 Å². The fourth-order valence-corrected chi connectivity index (χ4v) is 3.77. The summed E-state index contributed by atoms with van der Waals surface area (Å²) in [6.45, 7) is 3.45. The number of carbonyl (C=O) groups excluding carboxylic acids is 3. The molecule has 0 bridgehead atoms. The molecule has 8 N–H and O–H groups in total. The van der Waals surface area contributed by atoms with Gasteiger partial charge in [0.25, 0.3) is 0 Å². The molecule has 0 spiro atoms. The summed E-state index contributed by atoms with van der Waals surface area (Å²) in [5.41, 5.74) is 13.3. The van der Waals surface area contributed by atoms with E-state index in [4.69, 9.17) is 11.5 Å². The second kappa shape index (κ2) is 14.7. The van der Waals surface area contributed by atoms with Gasteiger partial charge in [0.2, 0.25) is 17.7 Å². The summed E-state index contributed by atoms with van der Waals surface area (Å²) in [6.07, 6.45) is 0.724. The van der Waals surface area contributed by atoms with E-state index in [-0.39, 0.29) is 25.3 Å². The smallest absolute Gasteiger partial charge is 0.327 e. The molecule has 4 atom stereocenters. The van der Waals surface area contributed by atoms with Crippen LogP contribution in [0.4, 0.5) is 0 Å². The monoisotopic (exact) mass is 511 g/mol. The summed E-state index contributed by atoms with van der Waals surface area (Å²) in [6, 6.07) is 14.2. The van der Waals surface area contributed by atoms with Gasteiger partial charge >= 0.3 is 5.97 Å². The van der Waals surface area contributed by atoms with Crippen LogP contribution in [-0.4, -0.2) is 59.5 Å². The first-order chi connectivity index (χ1) is 17.6. The number of carboxylic acids is 1. The molecule has 10 heteroatoms. The molecule has 0 radical (unpaired) electrons. The summed E-state index contributed by atoms with van der Waals surface area (Å²) in [5, 5.41) is 17.0. The maximum absolute atomic E-state index is 13.4. The van der Waals surface area contributed by atoms with Crippen molar-refractivity contribution in [2.45, 2.75) is 57.3 Å². The first-order valence-corrected chi connectivity index (χ1v) is 12.3. The van der Waals surface area contributed by atoms with Crippen molar-refractivity contribution in [2.24, 2.45) is 17.4 Å². The lowest BCUT2D eigenvalue weighted by Gasteiger charge is -2.26. The lowest BCUT2D eigenvalue weighted by Crippen LogP contribution is -2.58. The van der Waals surface area contributed by atoms with Crippen LogP contribution < -0.4 is 27.4 Å². The molecule has 37 heavy (non-hydrogen) atoms. The Labute approximate surface area is 217 Å². The quantitative estimate of drug-likeness (QED) is 0.212. The molecule has 3 amide bonds. The van der Waals surface area contributed by atoms with Crippen molar-refractivity contribution in [3.63, 3.8) is 0 Å². The van der Waals surface area contributed by atoms with Gasteiger partial charge in [-0.05, 0) is 29.9 Å². The molecule has 10 nitrogen and oxygen atoms in total. The molecule has 0 heterocycles. The molecule has 0 fully saturated rings. The largest absolute Gasteiger partial charge is 0.480 e. The maximum atomic E-state index is 13.4. The number of nitrogens with one attached hydrogen (secondary N) is 3. The van der Waals surface area contributed by atoms with E-state index in [1.807, 2.05) is 74.5 Å². The van der Waals surface area contributed by atoms with Crippen LogP contribution in [0, 0.1) is 5.92 Å². The number of nitrogens with two attached hydrogens (primary N) is 2. The molecule has 2 aromatic rings. The molecular formula is C27H37N5O5. The SMILES string of the molecule is CC(C)C[C@@H](NC(=O)[C@@H](Cc1ccccc1)NC(=O)[C@H](N)Cc1ccccc1)C(=O)N[C@H](CN)C(=O)O. The van der Waals surface area contributed by atoms with E-state index in [1.165, 1.54) is 0 Å². The standard InChI is InChI=1S/C27H37N5O5/c1-17(2)13-21(25(34)32-23(16-28)27(36)37)31-26(35)22(15-19-11-7-4-8-12-19)30-24(33)20(29)14-18-9-5-3-6-10-18/h3-12,17,20-23H,13-16,28-29H2,1-2H3,(H,30,33)(H,31,35)(H,32,34)(H,36,37)/t20-,21-,22-,23-/m1/s1. The average molecular weight is 512 g/mol. The molecule has 0 aliphatic carbocycles. The number of hydrogen-bond acceptors (Lipinski definition) is 6. The third-order valence-electron chi connectivity index (χ3n) is 5.74. The summed E-state index contributed by atoms with van der Waals surface area (Å²) >= 11 is 0. The highest BCUT2D eigenvalue weighted by Crippen LogP contribution is 2.09. The highest BCUT2D eigenvalue weighted by Gasteiger charge is 2.30. The molecule has 2 rings (SSSR count). The lowest BCUT2D eigenvalue weighted by atomic mass is 10.00. The number of rotatable bonds is 14. The van der Waals surface area contributed by atoms with Gasteiger partial charge in [-0.2, -0.15) is 0 Å². The van der Waals surface area contributed by atoms with Crippen LogP contribution in [0.15, 0.2) is 60.7 Å². The highest BCUT2D eigenvalue weighted by atomic mass is 16.4. The number of carbonyl (C=O) groups is 4.